The fourth-order valence-electron chi connectivity index (χ4n) is 1.89. The highest BCUT2D eigenvalue weighted by molar-refractivity contribution is 5.78. The maximum absolute atomic E-state index is 13.1. The Hall–Kier alpha value is -2.82. The van der Waals surface area contributed by atoms with Crippen LogP contribution in [-0.4, -0.2) is 4.98 Å². The molecule has 0 saturated carbocycles. The van der Waals surface area contributed by atoms with Crippen molar-refractivity contribution in [2.75, 3.05) is 0 Å². The van der Waals surface area contributed by atoms with Crippen LogP contribution in [-0.2, 0) is 0 Å². The monoisotopic (exact) mass is 285 g/mol. The molecule has 0 N–H and O–H groups in total. The summed E-state index contributed by atoms with van der Waals surface area (Å²) in [5.41, 5.74) is 0.454. The maximum atomic E-state index is 13.1. The molecular formula is C16H9F2NO2. The first kappa shape index (κ1) is 13.2. The zero-order valence-electron chi connectivity index (χ0n) is 10.7. The number of rotatable bonds is 2. The first-order chi connectivity index (χ1) is 10.1. The third kappa shape index (κ3) is 2.72. The molecule has 21 heavy (non-hydrogen) atoms. The third-order valence-corrected chi connectivity index (χ3v) is 2.91. The van der Waals surface area contributed by atoms with Crippen molar-refractivity contribution in [1.29, 1.82) is 0 Å². The molecule has 0 aliphatic rings. The van der Waals surface area contributed by atoms with Crippen LogP contribution in [0.2, 0.25) is 0 Å². The van der Waals surface area contributed by atoms with E-state index in [-0.39, 0.29) is 5.89 Å². The second kappa shape index (κ2) is 5.28. The lowest BCUT2D eigenvalue weighted by Gasteiger charge is -1.97. The summed E-state index contributed by atoms with van der Waals surface area (Å²) in [6.07, 6.45) is 2.92. The van der Waals surface area contributed by atoms with E-state index in [1.165, 1.54) is 18.2 Å². The molecule has 1 aromatic heterocycles. The third-order valence-electron chi connectivity index (χ3n) is 2.91. The lowest BCUT2D eigenvalue weighted by molar-refractivity contribution is 0.490. The largest absolute Gasteiger partial charge is 0.404 e. The molecule has 0 fully saturated rings. The van der Waals surface area contributed by atoms with Crippen LogP contribution in [0.15, 0.2) is 51.7 Å². The summed E-state index contributed by atoms with van der Waals surface area (Å²) in [6, 6.07) is 10.3. The molecule has 0 spiro atoms. The smallest absolute Gasteiger partial charge is 0.347 e. The number of para-hydroxylation sites is 1. The van der Waals surface area contributed by atoms with Gasteiger partial charge in [0.1, 0.15) is 0 Å². The van der Waals surface area contributed by atoms with Gasteiger partial charge in [-0.1, -0.05) is 18.2 Å². The fraction of sp³-hybridized carbons (Fsp3) is 0. The summed E-state index contributed by atoms with van der Waals surface area (Å²) in [6.45, 7) is 0. The van der Waals surface area contributed by atoms with Crippen molar-refractivity contribution in [3.8, 4) is 0 Å². The van der Waals surface area contributed by atoms with E-state index in [2.05, 4.69) is 4.98 Å². The topological polar surface area (TPSA) is 43.1 Å². The number of aromatic nitrogens is 1. The first-order valence-electron chi connectivity index (χ1n) is 6.16. The molecule has 1 heterocycles. The average Bonchev–Trinajstić information content (AvgIpc) is 2.49. The van der Waals surface area contributed by atoms with E-state index >= 15 is 0 Å². The van der Waals surface area contributed by atoms with Gasteiger partial charge in [-0.05, 0) is 35.9 Å². The van der Waals surface area contributed by atoms with Gasteiger partial charge in [-0.25, -0.2) is 18.6 Å². The first-order valence-corrected chi connectivity index (χ1v) is 6.16. The number of benzene rings is 2. The van der Waals surface area contributed by atoms with Crippen molar-refractivity contribution in [3.63, 3.8) is 0 Å². The van der Waals surface area contributed by atoms with E-state index in [0.717, 1.165) is 12.1 Å². The van der Waals surface area contributed by atoms with Gasteiger partial charge in [0.15, 0.2) is 11.6 Å². The summed E-state index contributed by atoms with van der Waals surface area (Å²) < 4.78 is 30.9. The second-order valence-electron chi connectivity index (χ2n) is 4.36. The van der Waals surface area contributed by atoms with Gasteiger partial charge in [-0.3, -0.25) is 0 Å². The molecule has 0 saturated heterocycles. The molecule has 3 rings (SSSR count). The Morgan fingerprint density at radius 3 is 2.62 bits per heavy atom. The van der Waals surface area contributed by atoms with Crippen LogP contribution in [0.5, 0.6) is 0 Å². The summed E-state index contributed by atoms with van der Waals surface area (Å²) >= 11 is 0. The van der Waals surface area contributed by atoms with E-state index < -0.39 is 17.3 Å². The van der Waals surface area contributed by atoms with E-state index in [1.807, 2.05) is 0 Å². The molecule has 5 heteroatoms. The minimum absolute atomic E-state index is 0.100. The van der Waals surface area contributed by atoms with Crippen molar-refractivity contribution in [3.05, 3.63) is 76.0 Å². The zero-order valence-corrected chi connectivity index (χ0v) is 10.7. The molecule has 104 valence electrons. The van der Waals surface area contributed by atoms with Gasteiger partial charge in [-0.15, -0.1) is 0 Å². The Morgan fingerprint density at radius 2 is 1.81 bits per heavy atom. The Morgan fingerprint density at radius 1 is 1.00 bits per heavy atom. The molecule has 2 aromatic carbocycles. The molecular weight excluding hydrogens is 276 g/mol. The van der Waals surface area contributed by atoms with Crippen LogP contribution in [0.3, 0.4) is 0 Å². The number of hydrogen-bond donors (Lipinski definition) is 0. The highest BCUT2D eigenvalue weighted by atomic mass is 19.2. The van der Waals surface area contributed by atoms with E-state index in [9.17, 15) is 13.6 Å². The summed E-state index contributed by atoms with van der Waals surface area (Å²) in [5.74, 6) is -1.75. The molecule has 3 nitrogen and oxygen atoms in total. The molecule has 3 aromatic rings. The highest BCUT2D eigenvalue weighted by Gasteiger charge is 2.04. The van der Waals surface area contributed by atoms with Crippen LogP contribution in [0.25, 0.3) is 23.1 Å². The van der Waals surface area contributed by atoms with E-state index in [1.54, 1.807) is 24.3 Å². The average molecular weight is 285 g/mol. The SMILES string of the molecule is O=c1oc(/C=C/c2ccc(F)c(F)c2)nc2ccccc12. The Bertz CT molecular complexity index is 900. The fourth-order valence-corrected chi connectivity index (χ4v) is 1.89. The highest BCUT2D eigenvalue weighted by Crippen LogP contribution is 2.13. The lowest BCUT2D eigenvalue weighted by atomic mass is 10.2. The van der Waals surface area contributed by atoms with E-state index in [4.69, 9.17) is 4.42 Å². The zero-order chi connectivity index (χ0) is 14.8. The number of hydrogen-bond acceptors (Lipinski definition) is 3. The van der Waals surface area contributed by atoms with Crippen molar-refractivity contribution < 1.29 is 13.2 Å². The van der Waals surface area contributed by atoms with Crippen LogP contribution in [0.1, 0.15) is 11.5 Å². The van der Waals surface area contributed by atoms with E-state index in [0.29, 0.717) is 16.5 Å². The van der Waals surface area contributed by atoms with Crippen molar-refractivity contribution in [2.45, 2.75) is 0 Å². The minimum Gasteiger partial charge on any atom is -0.404 e. The number of halogens is 2. The normalized spacial score (nSPS) is 11.3. The van der Waals surface area contributed by atoms with Gasteiger partial charge >= 0.3 is 5.63 Å². The van der Waals surface area contributed by atoms with Gasteiger partial charge in [0, 0.05) is 6.08 Å². The quantitative estimate of drug-likeness (QED) is 0.722. The molecule has 0 bridgehead atoms. The Kier molecular flexibility index (Phi) is 3.31. The molecule has 0 aliphatic heterocycles. The van der Waals surface area contributed by atoms with Crippen molar-refractivity contribution in [1.82, 2.24) is 4.98 Å². The summed E-state index contributed by atoms with van der Waals surface area (Å²) in [7, 11) is 0. The molecule has 0 radical (unpaired) electrons. The predicted octanol–water partition coefficient (Wildman–Crippen LogP) is 3.64. The Balaban J connectivity index is 1.99. The van der Waals surface area contributed by atoms with Gasteiger partial charge in [0.05, 0.1) is 10.9 Å². The molecule has 0 atom stereocenters. The number of fused-ring (bicyclic) bond motifs is 1. The summed E-state index contributed by atoms with van der Waals surface area (Å²) in [5, 5.41) is 0.391. The van der Waals surface area contributed by atoms with Crippen LogP contribution in [0.4, 0.5) is 8.78 Å². The van der Waals surface area contributed by atoms with Crippen LogP contribution >= 0.6 is 0 Å². The lowest BCUT2D eigenvalue weighted by Crippen LogP contribution is -2.02. The predicted molar refractivity (Wildman–Crippen MR) is 75.6 cm³/mol. The maximum Gasteiger partial charge on any atom is 0.347 e. The van der Waals surface area contributed by atoms with Gasteiger partial charge in [0.25, 0.3) is 0 Å². The van der Waals surface area contributed by atoms with Crippen molar-refractivity contribution in [2.24, 2.45) is 0 Å². The molecule has 0 amide bonds. The van der Waals surface area contributed by atoms with Gasteiger partial charge in [0.2, 0.25) is 5.89 Å². The van der Waals surface area contributed by atoms with Crippen LogP contribution < -0.4 is 5.63 Å². The standard InChI is InChI=1S/C16H9F2NO2/c17-12-7-5-10(9-13(12)18)6-8-15-19-14-4-2-1-3-11(14)16(20)21-15/h1-9H/b8-6+. The van der Waals surface area contributed by atoms with Gasteiger partial charge < -0.3 is 4.42 Å². The molecule has 0 unspecified atom stereocenters. The number of nitrogens with zero attached hydrogens (tertiary/aromatic N) is 1. The summed E-state index contributed by atoms with van der Waals surface area (Å²) in [4.78, 5) is 15.9. The second-order valence-corrected chi connectivity index (χ2v) is 4.36. The Labute approximate surface area is 118 Å². The molecule has 0 aliphatic carbocycles. The van der Waals surface area contributed by atoms with Gasteiger partial charge in [-0.2, -0.15) is 0 Å². The van der Waals surface area contributed by atoms with Crippen molar-refractivity contribution >= 4 is 23.1 Å². The van der Waals surface area contributed by atoms with Crippen LogP contribution in [0, 0.1) is 11.6 Å². The minimum atomic E-state index is -0.940.